The molecule has 19 heavy (non-hydrogen) atoms. The van der Waals surface area contributed by atoms with Crippen LogP contribution in [0.5, 0.6) is 0 Å². The van der Waals surface area contributed by atoms with E-state index >= 15 is 0 Å². The lowest BCUT2D eigenvalue weighted by atomic mass is 10.1. The number of nitrogen functional groups attached to an aromatic ring is 1. The van der Waals surface area contributed by atoms with Gasteiger partial charge in [-0.25, -0.2) is 0 Å². The van der Waals surface area contributed by atoms with Crippen molar-refractivity contribution in [3.63, 3.8) is 0 Å². The van der Waals surface area contributed by atoms with Crippen molar-refractivity contribution in [2.75, 3.05) is 19.8 Å². The van der Waals surface area contributed by atoms with E-state index in [0.29, 0.717) is 11.3 Å². The van der Waals surface area contributed by atoms with E-state index in [-0.39, 0.29) is 6.42 Å². The predicted molar refractivity (Wildman–Crippen MR) is 71.7 cm³/mol. The number of carboxylic acids is 1. The van der Waals surface area contributed by atoms with Crippen molar-refractivity contribution in [2.45, 2.75) is 12.5 Å². The summed E-state index contributed by atoms with van der Waals surface area (Å²) in [6, 6.07) is 5.37. The number of anilines is 1. The highest BCUT2D eigenvalue weighted by molar-refractivity contribution is 7.87. The first-order valence-electron chi connectivity index (χ1n) is 5.49. The monoisotopic (exact) mass is 287 g/mol. The van der Waals surface area contributed by atoms with E-state index in [4.69, 9.17) is 10.8 Å². The molecule has 0 amide bonds. The number of benzene rings is 1. The quantitative estimate of drug-likeness (QED) is 0.620. The van der Waals surface area contributed by atoms with Gasteiger partial charge in [-0.05, 0) is 24.1 Å². The fraction of sp³-hybridized carbons (Fsp3) is 0.364. The molecule has 1 atom stereocenters. The number of hydrogen-bond acceptors (Lipinski definition) is 4. The van der Waals surface area contributed by atoms with Crippen LogP contribution in [0.3, 0.4) is 0 Å². The Bertz CT molecular complexity index is 540. The van der Waals surface area contributed by atoms with Gasteiger partial charge in [0.15, 0.2) is 0 Å². The zero-order valence-corrected chi connectivity index (χ0v) is 11.5. The number of nitrogens with zero attached hydrogens (tertiary/aromatic N) is 1. The van der Waals surface area contributed by atoms with Crippen LogP contribution >= 0.6 is 0 Å². The van der Waals surface area contributed by atoms with Gasteiger partial charge >= 0.3 is 5.97 Å². The summed E-state index contributed by atoms with van der Waals surface area (Å²) in [6.07, 6.45) is 0.0443. The third kappa shape index (κ3) is 4.51. The van der Waals surface area contributed by atoms with Crippen LogP contribution in [0.2, 0.25) is 0 Å². The smallest absolute Gasteiger partial charge is 0.322 e. The maximum absolute atomic E-state index is 11.6. The number of rotatable bonds is 6. The number of carboxylic acid groups (broad SMARTS) is 1. The zero-order chi connectivity index (χ0) is 14.6. The molecule has 7 nitrogen and oxygen atoms in total. The average Bonchev–Trinajstić information content (AvgIpc) is 2.30. The summed E-state index contributed by atoms with van der Waals surface area (Å²) in [7, 11) is -1.15. The first kappa shape index (κ1) is 15.4. The topological polar surface area (TPSA) is 113 Å². The van der Waals surface area contributed by atoms with Crippen molar-refractivity contribution >= 4 is 21.9 Å². The molecule has 0 bridgehead atoms. The molecule has 1 aromatic carbocycles. The van der Waals surface area contributed by atoms with Crippen molar-refractivity contribution in [3.8, 4) is 0 Å². The summed E-state index contributed by atoms with van der Waals surface area (Å²) in [5, 5.41) is 9.06. The highest BCUT2D eigenvalue weighted by Crippen LogP contribution is 2.09. The van der Waals surface area contributed by atoms with Crippen LogP contribution in [0.25, 0.3) is 0 Å². The highest BCUT2D eigenvalue weighted by Gasteiger charge is 2.25. The van der Waals surface area contributed by atoms with Gasteiger partial charge in [-0.3, -0.25) is 4.79 Å². The summed E-state index contributed by atoms with van der Waals surface area (Å²) >= 11 is 0. The van der Waals surface area contributed by atoms with E-state index in [1.807, 2.05) is 0 Å². The third-order valence-corrected chi connectivity index (χ3v) is 4.03. The number of hydrogen-bond donors (Lipinski definition) is 3. The molecule has 0 spiro atoms. The van der Waals surface area contributed by atoms with Gasteiger partial charge in [-0.2, -0.15) is 17.4 Å². The van der Waals surface area contributed by atoms with Crippen LogP contribution in [-0.2, 0) is 21.4 Å². The number of aliphatic carboxylic acids is 1. The molecule has 0 heterocycles. The lowest BCUT2D eigenvalue weighted by Gasteiger charge is -2.18. The minimum absolute atomic E-state index is 0.0443. The molecule has 8 heteroatoms. The second kappa shape index (κ2) is 6.00. The molecule has 4 N–H and O–H groups in total. The molecule has 0 radical (unpaired) electrons. The summed E-state index contributed by atoms with van der Waals surface area (Å²) < 4.78 is 26.3. The van der Waals surface area contributed by atoms with Crippen molar-refractivity contribution < 1.29 is 18.3 Å². The van der Waals surface area contributed by atoms with Crippen molar-refractivity contribution in [3.05, 3.63) is 29.8 Å². The molecule has 0 saturated carbocycles. The van der Waals surface area contributed by atoms with E-state index in [2.05, 4.69) is 4.72 Å². The van der Waals surface area contributed by atoms with E-state index in [9.17, 15) is 13.2 Å². The van der Waals surface area contributed by atoms with Crippen molar-refractivity contribution in [1.82, 2.24) is 9.03 Å². The number of carbonyl (C=O) groups is 1. The molecule has 0 aliphatic heterocycles. The van der Waals surface area contributed by atoms with E-state index in [0.717, 1.165) is 4.31 Å². The summed E-state index contributed by atoms with van der Waals surface area (Å²) in [5.74, 6) is -1.23. The van der Waals surface area contributed by atoms with E-state index in [1.54, 1.807) is 24.3 Å². The van der Waals surface area contributed by atoms with Gasteiger partial charge in [-0.15, -0.1) is 0 Å². The Morgan fingerprint density at radius 2 is 1.89 bits per heavy atom. The van der Waals surface area contributed by atoms with Gasteiger partial charge in [0.2, 0.25) is 0 Å². The first-order valence-corrected chi connectivity index (χ1v) is 6.93. The Balaban J connectivity index is 2.85. The first-order chi connectivity index (χ1) is 8.72. The maximum atomic E-state index is 11.6. The van der Waals surface area contributed by atoms with Crippen LogP contribution in [-0.4, -0.2) is 43.9 Å². The van der Waals surface area contributed by atoms with E-state index in [1.165, 1.54) is 14.1 Å². The van der Waals surface area contributed by atoms with E-state index < -0.39 is 22.2 Å². The molecule has 0 unspecified atom stereocenters. The maximum Gasteiger partial charge on any atom is 0.322 e. The molecule has 0 saturated heterocycles. The van der Waals surface area contributed by atoms with Gasteiger partial charge in [0, 0.05) is 19.8 Å². The molecular formula is C11H17N3O4S. The summed E-state index contributed by atoms with van der Waals surface area (Å²) in [6.45, 7) is 0. The zero-order valence-electron chi connectivity index (χ0n) is 10.7. The Morgan fingerprint density at radius 3 is 2.32 bits per heavy atom. The summed E-state index contributed by atoms with van der Waals surface area (Å²) in [5.41, 5.74) is 6.77. The van der Waals surface area contributed by atoms with Gasteiger partial charge in [0.25, 0.3) is 10.2 Å². The van der Waals surface area contributed by atoms with Crippen molar-refractivity contribution in [2.24, 2.45) is 0 Å². The molecule has 1 rings (SSSR count). The normalized spacial score (nSPS) is 13.4. The second-order valence-corrected chi connectivity index (χ2v) is 6.16. The highest BCUT2D eigenvalue weighted by atomic mass is 32.2. The minimum Gasteiger partial charge on any atom is -0.480 e. The Hall–Kier alpha value is -1.64. The van der Waals surface area contributed by atoms with Gasteiger partial charge in [0.05, 0.1) is 0 Å². The Labute approximate surface area is 112 Å². The largest absolute Gasteiger partial charge is 0.480 e. The Morgan fingerprint density at radius 1 is 1.37 bits per heavy atom. The van der Waals surface area contributed by atoms with Crippen LogP contribution in [0.15, 0.2) is 24.3 Å². The SMILES string of the molecule is CN(C)S(=O)(=O)N[C@@H](Cc1ccc(N)cc1)C(=O)O. The fourth-order valence-corrected chi connectivity index (χ4v) is 2.11. The lowest BCUT2D eigenvalue weighted by Crippen LogP contribution is -2.47. The van der Waals surface area contributed by atoms with Gasteiger partial charge < -0.3 is 10.8 Å². The molecule has 0 aliphatic rings. The Kier molecular flexibility index (Phi) is 4.87. The summed E-state index contributed by atoms with van der Waals surface area (Å²) in [4.78, 5) is 11.1. The molecule has 0 aliphatic carbocycles. The molecule has 0 aromatic heterocycles. The molecular weight excluding hydrogens is 270 g/mol. The second-order valence-electron chi connectivity index (χ2n) is 4.24. The molecule has 1 aromatic rings. The number of nitrogens with two attached hydrogens (primary N) is 1. The average molecular weight is 287 g/mol. The van der Waals surface area contributed by atoms with Gasteiger partial charge in [0.1, 0.15) is 6.04 Å². The standard InChI is InChI=1S/C11H17N3O4S/c1-14(2)19(17,18)13-10(11(15)16)7-8-3-5-9(12)6-4-8/h3-6,10,13H,7,12H2,1-2H3,(H,15,16)/t10-/m0/s1. The predicted octanol–water partition coefficient (Wildman–Crippen LogP) is -0.339. The van der Waals surface area contributed by atoms with Crippen LogP contribution < -0.4 is 10.5 Å². The molecule has 106 valence electrons. The minimum atomic E-state index is -3.79. The van der Waals surface area contributed by atoms with Crippen LogP contribution in [0.1, 0.15) is 5.56 Å². The van der Waals surface area contributed by atoms with Crippen LogP contribution in [0.4, 0.5) is 5.69 Å². The fourth-order valence-electron chi connectivity index (χ4n) is 1.35. The number of nitrogens with one attached hydrogen (secondary N) is 1. The lowest BCUT2D eigenvalue weighted by molar-refractivity contribution is -0.138. The van der Waals surface area contributed by atoms with Crippen molar-refractivity contribution in [1.29, 1.82) is 0 Å². The van der Waals surface area contributed by atoms with Crippen LogP contribution in [0, 0.1) is 0 Å². The van der Waals surface area contributed by atoms with Gasteiger partial charge in [-0.1, -0.05) is 12.1 Å². The third-order valence-electron chi connectivity index (χ3n) is 2.49. The molecule has 0 fully saturated rings.